The fraction of sp³-hybridized carbons (Fsp3) is 0.100. The number of aliphatic carboxylic acids is 2. The van der Waals surface area contributed by atoms with Crippen LogP contribution in [0.2, 0.25) is 10.0 Å². The molecule has 1 heterocycles. The highest BCUT2D eigenvalue weighted by Crippen LogP contribution is 2.38. The predicted octanol–water partition coefficient (Wildman–Crippen LogP) is 2.58. The first kappa shape index (κ1) is 21.4. The first-order valence-electron chi connectivity index (χ1n) is 8.38. The smallest absolute Gasteiger partial charge is 0.411 e. The third kappa shape index (κ3) is 3.74. The minimum Gasteiger partial charge on any atom is -0.479 e. The third-order valence-corrected chi connectivity index (χ3v) is 4.93. The number of carboxylic acids is 2. The van der Waals surface area contributed by atoms with Crippen molar-refractivity contribution in [2.45, 2.75) is 5.54 Å². The minimum absolute atomic E-state index is 0.0720. The third-order valence-electron chi connectivity index (χ3n) is 4.42. The molecular weight excluding hydrogens is 435 g/mol. The fourth-order valence-corrected chi connectivity index (χ4v) is 3.75. The van der Waals surface area contributed by atoms with E-state index in [1.165, 1.54) is 43.5 Å². The zero-order valence-electron chi connectivity index (χ0n) is 15.3. The second-order valence-electron chi connectivity index (χ2n) is 6.19. The van der Waals surface area contributed by atoms with Crippen molar-refractivity contribution < 1.29 is 29.3 Å². The average Bonchev–Trinajstić information content (AvgIpc) is 3.02. The molecule has 1 amide bonds. The Balaban J connectivity index is 2.28. The van der Waals surface area contributed by atoms with E-state index in [1.807, 2.05) is 0 Å². The molecule has 3 rings (SSSR count). The molecule has 0 spiro atoms. The van der Waals surface area contributed by atoms with Crippen LogP contribution in [0.15, 0.2) is 53.5 Å². The van der Waals surface area contributed by atoms with Crippen LogP contribution in [0.1, 0.15) is 5.56 Å². The number of methoxy groups -OCH3 is 1. The van der Waals surface area contributed by atoms with E-state index < -0.39 is 23.6 Å². The lowest BCUT2D eigenvalue weighted by molar-refractivity contribution is -0.141. The molecule has 0 fully saturated rings. The van der Waals surface area contributed by atoms with Crippen molar-refractivity contribution in [2.24, 2.45) is 4.99 Å². The second kappa shape index (κ2) is 8.17. The van der Waals surface area contributed by atoms with Gasteiger partial charge >= 0.3 is 18.0 Å². The minimum atomic E-state index is -1.97. The molecule has 2 aromatic rings. The summed E-state index contributed by atoms with van der Waals surface area (Å²) >= 11 is 12.3. The molecular formula is C20H14Cl2N2O6. The van der Waals surface area contributed by atoms with E-state index in [0.29, 0.717) is 5.69 Å². The molecule has 1 aliphatic rings. The first-order valence-corrected chi connectivity index (χ1v) is 9.14. The number of rotatable bonds is 5. The zero-order chi connectivity index (χ0) is 22.1. The van der Waals surface area contributed by atoms with Crippen molar-refractivity contribution in [2.75, 3.05) is 12.4 Å². The topological polar surface area (TPSA) is 125 Å². The summed E-state index contributed by atoms with van der Waals surface area (Å²) in [6, 6.07) is 8.74. The second-order valence-corrected chi connectivity index (χ2v) is 7.03. The van der Waals surface area contributed by atoms with Crippen molar-refractivity contribution in [1.82, 2.24) is 0 Å². The van der Waals surface area contributed by atoms with Gasteiger partial charge in [-0.2, -0.15) is 0 Å². The molecule has 8 nitrogen and oxygen atoms in total. The number of nitrogens with zero attached hydrogens (tertiary/aromatic N) is 1. The van der Waals surface area contributed by atoms with Crippen molar-refractivity contribution in [3.8, 4) is 0 Å². The van der Waals surface area contributed by atoms with Crippen LogP contribution in [-0.4, -0.2) is 35.4 Å². The number of carbonyl (C=O) groups is 3. The van der Waals surface area contributed by atoms with E-state index in [4.69, 9.17) is 28.3 Å². The summed E-state index contributed by atoms with van der Waals surface area (Å²) < 4.78 is 4.52. The molecule has 2 aromatic carbocycles. The van der Waals surface area contributed by atoms with E-state index in [0.717, 1.165) is 12.2 Å². The number of fused-ring (bicyclic) bond motifs is 1. The Morgan fingerprint density at radius 1 is 1.13 bits per heavy atom. The Hall–Kier alpha value is -3.36. The van der Waals surface area contributed by atoms with E-state index >= 15 is 0 Å². The molecule has 1 aliphatic heterocycles. The van der Waals surface area contributed by atoms with Gasteiger partial charge in [0.25, 0.3) is 0 Å². The van der Waals surface area contributed by atoms with E-state index in [9.17, 15) is 19.5 Å². The van der Waals surface area contributed by atoms with Gasteiger partial charge in [0.2, 0.25) is 5.54 Å². The number of hydrogen-bond donors (Lipinski definition) is 3. The fourth-order valence-electron chi connectivity index (χ4n) is 3.17. The van der Waals surface area contributed by atoms with Gasteiger partial charge in [-0.05, 0) is 35.9 Å². The maximum absolute atomic E-state index is 12.5. The number of halogens is 2. The number of ether oxygens (including phenoxy) is 1. The lowest BCUT2D eigenvalue weighted by atomic mass is 9.83. The quantitative estimate of drug-likeness (QED) is 0.603. The van der Waals surface area contributed by atoms with Crippen LogP contribution in [0.5, 0.6) is 0 Å². The normalized spacial score (nSPS) is 17.4. The van der Waals surface area contributed by atoms with Crippen LogP contribution in [0.3, 0.4) is 0 Å². The number of hydrogen-bond acceptors (Lipinski definition) is 5. The van der Waals surface area contributed by atoms with Crippen molar-refractivity contribution in [3.63, 3.8) is 0 Å². The van der Waals surface area contributed by atoms with Crippen LogP contribution in [0.4, 0.5) is 10.5 Å². The van der Waals surface area contributed by atoms with Gasteiger partial charge in [-0.1, -0.05) is 35.3 Å². The van der Waals surface area contributed by atoms with E-state index in [-0.39, 0.29) is 31.8 Å². The summed E-state index contributed by atoms with van der Waals surface area (Å²) in [4.78, 5) is 39.4. The summed E-state index contributed by atoms with van der Waals surface area (Å²) in [6.07, 6.45) is 1.29. The van der Waals surface area contributed by atoms with E-state index in [2.05, 4.69) is 15.0 Å². The molecule has 154 valence electrons. The van der Waals surface area contributed by atoms with Crippen molar-refractivity contribution in [1.29, 1.82) is 0 Å². The number of carbonyl (C=O) groups excluding carboxylic acids is 1. The van der Waals surface area contributed by atoms with Crippen LogP contribution >= 0.6 is 23.2 Å². The van der Waals surface area contributed by atoms with Gasteiger partial charge in [0.05, 0.1) is 17.5 Å². The van der Waals surface area contributed by atoms with Gasteiger partial charge in [-0.3, -0.25) is 10.3 Å². The molecule has 1 atom stereocenters. The Morgan fingerprint density at radius 3 is 2.37 bits per heavy atom. The van der Waals surface area contributed by atoms with Crippen molar-refractivity contribution in [3.05, 3.63) is 74.7 Å². The largest absolute Gasteiger partial charge is 0.479 e. The summed E-state index contributed by atoms with van der Waals surface area (Å²) in [6.45, 7) is 0. The highest BCUT2D eigenvalue weighted by Gasteiger charge is 2.46. The molecule has 1 unspecified atom stereocenters. The van der Waals surface area contributed by atoms with Gasteiger partial charge in [-0.15, -0.1) is 0 Å². The van der Waals surface area contributed by atoms with Crippen molar-refractivity contribution >= 4 is 52.5 Å². The number of amides is 1. The van der Waals surface area contributed by atoms with Gasteiger partial charge in [-0.25, -0.2) is 14.4 Å². The number of anilines is 1. The lowest BCUT2D eigenvalue weighted by Crippen LogP contribution is -2.34. The van der Waals surface area contributed by atoms with Crippen LogP contribution in [0.25, 0.3) is 5.57 Å². The lowest BCUT2D eigenvalue weighted by Gasteiger charge is -2.24. The standard InChI is InChI=1S/C20H14Cl2N2O6/c1-30-19(29)23-12-4-2-10(3-5-12)20(18(27)28)13(6-7-16(25)26)17-14(22)8-11(21)9-15(17)24-20/h2-9H,1H3,(H,23,29)(H,25,26)(H,27,28). The average molecular weight is 449 g/mol. The molecule has 0 saturated heterocycles. The number of nitrogens with one attached hydrogen (secondary N) is 1. The van der Waals surface area contributed by atoms with E-state index in [1.54, 1.807) is 0 Å². The Labute approximate surface area is 179 Å². The predicted molar refractivity (Wildman–Crippen MR) is 109 cm³/mol. The van der Waals surface area contributed by atoms with Gasteiger partial charge in [0.1, 0.15) is 0 Å². The Kier molecular flexibility index (Phi) is 5.82. The van der Waals surface area contributed by atoms with Crippen LogP contribution in [0, 0.1) is 0 Å². The van der Waals surface area contributed by atoms with Crippen LogP contribution in [-0.2, 0) is 19.9 Å². The summed E-state index contributed by atoms with van der Waals surface area (Å²) in [7, 11) is 1.21. The Bertz CT molecular complexity index is 1210. The molecule has 10 heteroatoms. The molecule has 3 N–H and O–H groups in total. The van der Waals surface area contributed by atoms with Gasteiger partial charge < -0.3 is 14.9 Å². The molecule has 0 radical (unpaired) electrons. The summed E-state index contributed by atoms with van der Waals surface area (Å²) in [5.74, 6) is -2.61. The number of carboxylic acid groups (broad SMARTS) is 2. The zero-order valence-corrected chi connectivity index (χ0v) is 16.9. The van der Waals surface area contributed by atoms with Crippen LogP contribution < -0.4 is 15.9 Å². The molecule has 30 heavy (non-hydrogen) atoms. The summed E-state index contributed by atoms with van der Waals surface area (Å²) in [5.41, 5.74) is -1.31. The number of benzene rings is 2. The molecule has 0 bridgehead atoms. The maximum Gasteiger partial charge on any atom is 0.411 e. The molecule has 0 aliphatic carbocycles. The molecule has 0 saturated carbocycles. The van der Waals surface area contributed by atoms with Gasteiger partial charge in [0.15, 0.2) is 0 Å². The maximum atomic E-state index is 12.5. The SMILES string of the molecule is COC(=O)Nc1ccc(C2(C(=O)O)N=c3cc(Cl)cc(Cl)c3=C2C=CC(=O)O)cc1. The summed E-state index contributed by atoms with van der Waals surface area (Å²) in [5, 5.41) is 22.6. The highest BCUT2D eigenvalue weighted by molar-refractivity contribution is 6.34. The highest BCUT2D eigenvalue weighted by atomic mass is 35.5. The molecule has 0 aromatic heterocycles. The first-order chi connectivity index (χ1) is 14.2. The Morgan fingerprint density at radius 2 is 1.80 bits per heavy atom. The monoisotopic (exact) mass is 448 g/mol. The van der Waals surface area contributed by atoms with Gasteiger partial charge in [0, 0.05) is 27.6 Å².